The Morgan fingerprint density at radius 2 is 2.14 bits per heavy atom. The summed E-state index contributed by atoms with van der Waals surface area (Å²) in [5.41, 5.74) is 2.52. The highest BCUT2D eigenvalue weighted by Crippen LogP contribution is 2.37. The largest absolute Gasteiger partial charge is 0.391 e. The van der Waals surface area contributed by atoms with Crippen molar-refractivity contribution in [1.82, 2.24) is 9.88 Å². The Hall–Kier alpha value is -1.48. The SMILES string of the molecule is Cc1c(CN[C@@H]2CCC[C@@H](C(F)(F)F)C2)cc(C#N)n1C. The molecule has 6 heteroatoms. The monoisotopic (exact) mass is 299 g/mol. The number of nitriles is 1. The lowest BCUT2D eigenvalue weighted by atomic mass is 9.85. The number of nitrogens with zero attached hydrogens (tertiary/aromatic N) is 2. The highest BCUT2D eigenvalue weighted by molar-refractivity contribution is 5.34. The molecule has 2 atom stereocenters. The van der Waals surface area contributed by atoms with E-state index in [-0.39, 0.29) is 18.9 Å². The van der Waals surface area contributed by atoms with Crippen LogP contribution >= 0.6 is 0 Å². The van der Waals surface area contributed by atoms with Crippen molar-refractivity contribution >= 4 is 0 Å². The van der Waals surface area contributed by atoms with Gasteiger partial charge in [0.2, 0.25) is 0 Å². The van der Waals surface area contributed by atoms with Gasteiger partial charge in [-0.3, -0.25) is 0 Å². The minimum Gasteiger partial charge on any atom is -0.340 e. The maximum Gasteiger partial charge on any atom is 0.391 e. The first-order valence-electron chi connectivity index (χ1n) is 7.18. The Morgan fingerprint density at radius 1 is 1.43 bits per heavy atom. The molecule has 0 spiro atoms. The fourth-order valence-electron chi connectivity index (χ4n) is 2.98. The Bertz CT molecular complexity index is 540. The predicted octanol–water partition coefficient (Wildman–Crippen LogP) is 3.42. The van der Waals surface area contributed by atoms with Crippen molar-refractivity contribution < 1.29 is 13.2 Å². The number of alkyl halides is 3. The number of nitrogens with one attached hydrogen (secondary N) is 1. The second-order valence-electron chi connectivity index (χ2n) is 5.79. The van der Waals surface area contributed by atoms with Gasteiger partial charge in [-0.05, 0) is 37.8 Å². The molecule has 3 nitrogen and oxygen atoms in total. The quantitative estimate of drug-likeness (QED) is 0.929. The van der Waals surface area contributed by atoms with Crippen LogP contribution in [0.4, 0.5) is 13.2 Å². The van der Waals surface area contributed by atoms with Gasteiger partial charge < -0.3 is 9.88 Å². The second-order valence-corrected chi connectivity index (χ2v) is 5.79. The number of hydrogen-bond donors (Lipinski definition) is 1. The minimum atomic E-state index is -4.09. The molecule has 1 aromatic rings. The lowest BCUT2D eigenvalue weighted by molar-refractivity contribution is -0.183. The summed E-state index contributed by atoms with van der Waals surface area (Å²) < 4.78 is 40.1. The number of aromatic nitrogens is 1. The van der Waals surface area contributed by atoms with Crippen molar-refractivity contribution in [3.63, 3.8) is 0 Å². The van der Waals surface area contributed by atoms with Crippen LogP contribution < -0.4 is 5.32 Å². The standard InChI is InChI=1S/C15H20F3N3/c1-10-11(6-14(8-19)21(10)2)9-20-13-5-3-4-12(7-13)15(16,17)18/h6,12-13,20H,3-5,7,9H2,1-2H3/t12-,13-/m1/s1. The molecule has 1 saturated carbocycles. The van der Waals surface area contributed by atoms with Gasteiger partial charge in [-0.15, -0.1) is 0 Å². The summed E-state index contributed by atoms with van der Waals surface area (Å²) in [6.07, 6.45) is -2.30. The third-order valence-electron chi connectivity index (χ3n) is 4.47. The molecular formula is C15H20F3N3. The van der Waals surface area contributed by atoms with Gasteiger partial charge in [0.25, 0.3) is 0 Å². The summed E-state index contributed by atoms with van der Waals surface area (Å²) in [6.45, 7) is 2.42. The van der Waals surface area contributed by atoms with Gasteiger partial charge in [0.05, 0.1) is 5.92 Å². The van der Waals surface area contributed by atoms with Crippen molar-refractivity contribution in [3.05, 3.63) is 23.0 Å². The third kappa shape index (κ3) is 3.59. The normalized spacial score (nSPS) is 23.0. The zero-order valence-corrected chi connectivity index (χ0v) is 12.3. The molecule has 1 fully saturated rings. The van der Waals surface area contributed by atoms with Crippen LogP contribution in [0.25, 0.3) is 0 Å². The van der Waals surface area contributed by atoms with E-state index in [4.69, 9.17) is 5.26 Å². The molecular weight excluding hydrogens is 279 g/mol. The highest BCUT2D eigenvalue weighted by Gasteiger charge is 2.41. The average molecular weight is 299 g/mol. The average Bonchev–Trinajstić information content (AvgIpc) is 2.72. The van der Waals surface area contributed by atoms with Gasteiger partial charge in [0.15, 0.2) is 0 Å². The van der Waals surface area contributed by atoms with Gasteiger partial charge in [-0.1, -0.05) is 6.42 Å². The highest BCUT2D eigenvalue weighted by atomic mass is 19.4. The smallest absolute Gasteiger partial charge is 0.340 e. The van der Waals surface area contributed by atoms with Crippen molar-refractivity contribution in [3.8, 4) is 6.07 Å². The van der Waals surface area contributed by atoms with Crippen molar-refractivity contribution in [1.29, 1.82) is 5.26 Å². The zero-order chi connectivity index (χ0) is 15.6. The van der Waals surface area contributed by atoms with Crippen molar-refractivity contribution in [2.75, 3.05) is 0 Å². The summed E-state index contributed by atoms with van der Waals surface area (Å²) in [6, 6.07) is 3.80. The fourth-order valence-corrected chi connectivity index (χ4v) is 2.98. The predicted molar refractivity (Wildman–Crippen MR) is 73.5 cm³/mol. The molecule has 0 aromatic carbocycles. The Kier molecular flexibility index (Phi) is 4.62. The van der Waals surface area contributed by atoms with E-state index in [9.17, 15) is 13.2 Å². The van der Waals surface area contributed by atoms with E-state index in [1.54, 1.807) is 10.6 Å². The Morgan fingerprint density at radius 3 is 2.71 bits per heavy atom. The lowest BCUT2D eigenvalue weighted by Gasteiger charge is -2.31. The Labute approximate surface area is 122 Å². The summed E-state index contributed by atoms with van der Waals surface area (Å²) in [5.74, 6) is -1.18. The first kappa shape index (κ1) is 15.9. The number of hydrogen-bond acceptors (Lipinski definition) is 2. The lowest BCUT2D eigenvalue weighted by Crippen LogP contribution is -2.38. The molecule has 0 aliphatic heterocycles. The fraction of sp³-hybridized carbons (Fsp3) is 0.667. The van der Waals surface area contributed by atoms with Gasteiger partial charge in [-0.25, -0.2) is 0 Å². The minimum absolute atomic E-state index is 0.101. The number of halogens is 3. The van der Waals surface area contributed by atoms with Crippen LogP contribution in [0.2, 0.25) is 0 Å². The van der Waals surface area contributed by atoms with Crippen LogP contribution in [-0.4, -0.2) is 16.8 Å². The van der Waals surface area contributed by atoms with Crippen LogP contribution in [-0.2, 0) is 13.6 Å². The zero-order valence-electron chi connectivity index (χ0n) is 12.3. The molecule has 1 N–H and O–H groups in total. The van der Waals surface area contributed by atoms with Crippen molar-refractivity contribution in [2.45, 2.75) is 51.4 Å². The molecule has 1 aliphatic rings. The first-order chi connectivity index (χ1) is 9.82. The summed E-state index contributed by atoms with van der Waals surface area (Å²) in [5, 5.41) is 12.2. The maximum atomic E-state index is 12.8. The van der Waals surface area contributed by atoms with E-state index in [2.05, 4.69) is 11.4 Å². The van der Waals surface area contributed by atoms with E-state index >= 15 is 0 Å². The van der Waals surface area contributed by atoms with E-state index in [0.29, 0.717) is 18.7 Å². The van der Waals surface area contributed by atoms with Gasteiger partial charge in [-0.2, -0.15) is 18.4 Å². The maximum absolute atomic E-state index is 12.8. The summed E-state index contributed by atoms with van der Waals surface area (Å²) >= 11 is 0. The molecule has 1 aliphatic carbocycles. The van der Waals surface area contributed by atoms with Crippen LogP contribution in [0, 0.1) is 24.2 Å². The summed E-state index contributed by atoms with van der Waals surface area (Å²) in [4.78, 5) is 0. The first-order valence-corrected chi connectivity index (χ1v) is 7.18. The van der Waals surface area contributed by atoms with E-state index in [1.807, 2.05) is 14.0 Å². The van der Waals surface area contributed by atoms with Crippen molar-refractivity contribution in [2.24, 2.45) is 13.0 Å². The number of rotatable bonds is 3. The molecule has 0 saturated heterocycles. The van der Waals surface area contributed by atoms with E-state index in [1.165, 1.54) is 0 Å². The topological polar surface area (TPSA) is 40.8 Å². The molecule has 1 heterocycles. The molecule has 2 rings (SSSR count). The van der Waals surface area contributed by atoms with Crippen LogP contribution in [0.3, 0.4) is 0 Å². The van der Waals surface area contributed by atoms with Crippen LogP contribution in [0.1, 0.15) is 42.6 Å². The van der Waals surface area contributed by atoms with Crippen LogP contribution in [0.5, 0.6) is 0 Å². The second kappa shape index (κ2) is 6.10. The molecule has 21 heavy (non-hydrogen) atoms. The van der Waals surface area contributed by atoms with Crippen LogP contribution in [0.15, 0.2) is 6.07 Å². The van der Waals surface area contributed by atoms with Gasteiger partial charge >= 0.3 is 6.18 Å². The molecule has 0 unspecified atom stereocenters. The van der Waals surface area contributed by atoms with E-state index < -0.39 is 12.1 Å². The summed E-state index contributed by atoms with van der Waals surface area (Å²) in [7, 11) is 1.82. The van der Waals surface area contributed by atoms with Gasteiger partial charge in [0, 0.05) is 25.3 Å². The Balaban J connectivity index is 1.96. The molecule has 0 bridgehead atoms. The van der Waals surface area contributed by atoms with Gasteiger partial charge in [0.1, 0.15) is 11.8 Å². The molecule has 0 radical (unpaired) electrons. The molecule has 0 amide bonds. The molecule has 116 valence electrons. The third-order valence-corrected chi connectivity index (χ3v) is 4.47. The van der Waals surface area contributed by atoms with E-state index in [0.717, 1.165) is 17.7 Å². The molecule has 1 aromatic heterocycles.